The summed E-state index contributed by atoms with van der Waals surface area (Å²) < 4.78 is 1.08. The molecule has 154 valence electrons. The van der Waals surface area contributed by atoms with Crippen molar-refractivity contribution in [3.8, 4) is 0 Å². The molecule has 1 aliphatic heterocycles. The molecule has 1 aliphatic rings. The summed E-state index contributed by atoms with van der Waals surface area (Å²) in [5, 5.41) is 14.7. The van der Waals surface area contributed by atoms with Gasteiger partial charge in [-0.05, 0) is 42.0 Å². The number of hydrogen-bond donors (Lipinski definition) is 1. The minimum atomic E-state index is -0.331. The molecule has 1 heterocycles. The fourth-order valence-corrected chi connectivity index (χ4v) is 3.95. The predicted molar refractivity (Wildman–Crippen MR) is 125 cm³/mol. The molecule has 0 aliphatic carbocycles. The number of nitro benzene ring substituents is 1. The van der Waals surface area contributed by atoms with Crippen LogP contribution in [0.3, 0.4) is 0 Å². The Morgan fingerprint density at radius 2 is 1.47 bits per heavy atom. The Labute approximate surface area is 184 Å². The van der Waals surface area contributed by atoms with Crippen molar-refractivity contribution in [3.05, 3.63) is 92.9 Å². The summed E-state index contributed by atoms with van der Waals surface area (Å²) in [5.41, 5.74) is 3.96. The topological polar surface area (TPSA) is 61.7 Å². The maximum atomic E-state index is 11.5. The van der Waals surface area contributed by atoms with Crippen molar-refractivity contribution in [1.29, 1.82) is 0 Å². The van der Waals surface area contributed by atoms with Gasteiger partial charge in [0.2, 0.25) is 0 Å². The van der Waals surface area contributed by atoms with Crippen LogP contribution in [-0.2, 0) is 6.54 Å². The van der Waals surface area contributed by atoms with E-state index in [-0.39, 0.29) is 10.6 Å². The molecular weight excluding hydrogens is 444 g/mol. The Kier molecular flexibility index (Phi) is 6.18. The second-order valence-electron chi connectivity index (χ2n) is 7.25. The first kappa shape index (κ1) is 20.2. The zero-order chi connectivity index (χ0) is 20.9. The van der Waals surface area contributed by atoms with Gasteiger partial charge in [0.05, 0.1) is 4.92 Å². The smallest absolute Gasteiger partial charge is 0.292 e. The van der Waals surface area contributed by atoms with Gasteiger partial charge in [-0.1, -0.05) is 46.3 Å². The third-order valence-corrected chi connectivity index (χ3v) is 5.87. The zero-order valence-corrected chi connectivity index (χ0v) is 18.1. The number of nitro groups is 1. The molecule has 30 heavy (non-hydrogen) atoms. The minimum Gasteiger partial charge on any atom is -0.375 e. The number of hydrogen-bond acceptors (Lipinski definition) is 5. The minimum absolute atomic E-state index is 0.100. The molecule has 0 radical (unpaired) electrons. The normalized spacial score (nSPS) is 13.9. The van der Waals surface area contributed by atoms with Gasteiger partial charge >= 0.3 is 0 Å². The third-order valence-electron chi connectivity index (χ3n) is 5.34. The number of halogens is 1. The Morgan fingerprint density at radius 3 is 2.10 bits per heavy atom. The number of anilines is 3. The summed E-state index contributed by atoms with van der Waals surface area (Å²) in [6, 6.07) is 23.6. The first-order valence-corrected chi connectivity index (χ1v) is 10.7. The van der Waals surface area contributed by atoms with Crippen molar-refractivity contribution in [1.82, 2.24) is 0 Å². The Bertz CT molecular complexity index is 1000. The van der Waals surface area contributed by atoms with Crippen LogP contribution in [0.15, 0.2) is 77.3 Å². The number of nitrogens with zero attached hydrogens (tertiary/aromatic N) is 3. The largest absolute Gasteiger partial charge is 0.375 e. The van der Waals surface area contributed by atoms with Crippen LogP contribution in [0.25, 0.3) is 0 Å². The highest BCUT2D eigenvalue weighted by molar-refractivity contribution is 9.10. The van der Waals surface area contributed by atoms with E-state index < -0.39 is 0 Å². The van der Waals surface area contributed by atoms with Crippen molar-refractivity contribution in [3.63, 3.8) is 0 Å². The molecule has 0 saturated carbocycles. The molecule has 0 atom stereocenters. The number of rotatable bonds is 6. The van der Waals surface area contributed by atoms with Crippen LogP contribution in [0.5, 0.6) is 0 Å². The van der Waals surface area contributed by atoms with Crippen LogP contribution in [0.4, 0.5) is 22.7 Å². The van der Waals surface area contributed by atoms with E-state index in [2.05, 4.69) is 55.3 Å². The Morgan fingerprint density at radius 1 is 0.867 bits per heavy atom. The van der Waals surface area contributed by atoms with Gasteiger partial charge in [0.15, 0.2) is 0 Å². The number of piperazine rings is 1. The molecule has 1 fully saturated rings. The summed E-state index contributed by atoms with van der Waals surface area (Å²) in [6.45, 7) is 4.09. The van der Waals surface area contributed by atoms with Crippen molar-refractivity contribution < 1.29 is 4.92 Å². The van der Waals surface area contributed by atoms with Crippen molar-refractivity contribution in [2.24, 2.45) is 0 Å². The van der Waals surface area contributed by atoms with Gasteiger partial charge in [-0.15, -0.1) is 0 Å². The third kappa shape index (κ3) is 4.74. The molecule has 0 amide bonds. The highest BCUT2D eigenvalue weighted by Crippen LogP contribution is 2.31. The molecule has 0 aromatic heterocycles. The summed E-state index contributed by atoms with van der Waals surface area (Å²) >= 11 is 3.48. The fraction of sp³-hybridized carbons (Fsp3) is 0.217. The molecule has 1 saturated heterocycles. The molecule has 3 aromatic carbocycles. The van der Waals surface area contributed by atoms with Crippen molar-refractivity contribution >= 4 is 38.7 Å². The van der Waals surface area contributed by atoms with Gasteiger partial charge in [-0.3, -0.25) is 10.1 Å². The summed E-state index contributed by atoms with van der Waals surface area (Å²) in [6.07, 6.45) is 0. The second-order valence-corrected chi connectivity index (χ2v) is 8.16. The lowest BCUT2D eigenvalue weighted by Gasteiger charge is -2.37. The van der Waals surface area contributed by atoms with E-state index in [1.54, 1.807) is 6.07 Å². The van der Waals surface area contributed by atoms with Gasteiger partial charge < -0.3 is 15.1 Å². The molecule has 7 heteroatoms. The van der Waals surface area contributed by atoms with E-state index in [0.717, 1.165) is 41.9 Å². The molecule has 0 unspecified atom stereocenters. The van der Waals surface area contributed by atoms with E-state index in [4.69, 9.17) is 0 Å². The number of benzene rings is 3. The second kappa shape index (κ2) is 9.17. The maximum absolute atomic E-state index is 11.5. The maximum Gasteiger partial charge on any atom is 0.292 e. The van der Waals surface area contributed by atoms with Gasteiger partial charge in [0.25, 0.3) is 5.69 Å². The highest BCUT2D eigenvalue weighted by Gasteiger charge is 2.20. The lowest BCUT2D eigenvalue weighted by Crippen LogP contribution is -2.46. The van der Waals surface area contributed by atoms with E-state index >= 15 is 0 Å². The fourth-order valence-electron chi connectivity index (χ4n) is 3.69. The zero-order valence-electron chi connectivity index (χ0n) is 16.5. The molecule has 0 bridgehead atoms. The van der Waals surface area contributed by atoms with E-state index in [1.165, 1.54) is 5.69 Å². The molecule has 4 rings (SSSR count). The first-order valence-electron chi connectivity index (χ1n) is 9.92. The monoisotopic (exact) mass is 466 g/mol. The average Bonchev–Trinajstić information content (AvgIpc) is 2.79. The molecule has 6 nitrogen and oxygen atoms in total. The quantitative estimate of drug-likeness (QED) is 0.394. The van der Waals surface area contributed by atoms with Gasteiger partial charge in [-0.2, -0.15) is 0 Å². The molecule has 0 spiro atoms. The summed E-state index contributed by atoms with van der Waals surface area (Å²) in [7, 11) is 0. The van der Waals surface area contributed by atoms with Crippen LogP contribution in [0.2, 0.25) is 0 Å². The lowest BCUT2D eigenvalue weighted by molar-refractivity contribution is -0.384. The van der Waals surface area contributed by atoms with Gasteiger partial charge in [0, 0.05) is 54.6 Å². The predicted octanol–water partition coefficient (Wildman–Crippen LogP) is 5.30. The first-order chi connectivity index (χ1) is 14.6. The van der Waals surface area contributed by atoms with E-state index in [9.17, 15) is 10.1 Å². The van der Waals surface area contributed by atoms with Gasteiger partial charge in [-0.25, -0.2) is 0 Å². The SMILES string of the molecule is O=[N+]([O-])c1ccc(N2CCN(c3ccc(Br)cc3)CC2)cc1NCc1ccccc1. The van der Waals surface area contributed by atoms with Gasteiger partial charge in [0.1, 0.15) is 5.69 Å². The standard InChI is InChI=1S/C23H23BrN4O2/c24-19-6-8-20(9-7-19)26-12-14-27(15-13-26)21-10-11-23(28(29)30)22(16-21)25-17-18-4-2-1-3-5-18/h1-11,16,25H,12-15,17H2. The van der Waals surface area contributed by atoms with E-state index in [1.807, 2.05) is 42.5 Å². The van der Waals surface area contributed by atoms with Crippen LogP contribution in [0, 0.1) is 10.1 Å². The van der Waals surface area contributed by atoms with Crippen LogP contribution in [-0.4, -0.2) is 31.1 Å². The summed E-state index contributed by atoms with van der Waals surface area (Å²) in [4.78, 5) is 15.8. The Balaban J connectivity index is 1.46. The van der Waals surface area contributed by atoms with E-state index in [0.29, 0.717) is 12.2 Å². The molecular formula is C23H23BrN4O2. The molecule has 3 aromatic rings. The van der Waals surface area contributed by atoms with Crippen LogP contribution < -0.4 is 15.1 Å². The van der Waals surface area contributed by atoms with Crippen LogP contribution in [0.1, 0.15) is 5.56 Å². The highest BCUT2D eigenvalue weighted by atomic mass is 79.9. The summed E-state index contributed by atoms with van der Waals surface area (Å²) in [5.74, 6) is 0. The van der Waals surface area contributed by atoms with Crippen molar-refractivity contribution in [2.45, 2.75) is 6.54 Å². The Hall–Kier alpha value is -3.06. The van der Waals surface area contributed by atoms with Crippen molar-refractivity contribution in [2.75, 3.05) is 41.3 Å². The average molecular weight is 467 g/mol. The number of nitrogens with one attached hydrogen (secondary N) is 1. The van der Waals surface area contributed by atoms with Crippen LogP contribution >= 0.6 is 15.9 Å². The molecule has 1 N–H and O–H groups in total. The lowest BCUT2D eigenvalue weighted by atomic mass is 10.1.